The molecule has 21 heavy (non-hydrogen) atoms. The largest absolute Gasteiger partial charge is 0.459 e. The van der Waals surface area contributed by atoms with Crippen molar-refractivity contribution in [1.29, 1.82) is 0 Å². The molecular formula is C15H17N3O3. The molecule has 2 aromatic rings. The second-order valence-electron chi connectivity index (χ2n) is 5.17. The van der Waals surface area contributed by atoms with Gasteiger partial charge in [-0.15, -0.1) is 0 Å². The molecule has 6 heteroatoms. The van der Waals surface area contributed by atoms with Gasteiger partial charge in [-0.1, -0.05) is 6.07 Å². The quantitative estimate of drug-likeness (QED) is 0.844. The van der Waals surface area contributed by atoms with Crippen molar-refractivity contribution in [3.63, 3.8) is 0 Å². The molecule has 0 bridgehead atoms. The zero-order chi connectivity index (χ0) is 14.8. The van der Waals surface area contributed by atoms with Crippen LogP contribution in [-0.4, -0.2) is 21.7 Å². The minimum atomic E-state index is -0.400. The van der Waals surface area contributed by atoms with Crippen LogP contribution in [0.1, 0.15) is 29.4 Å². The number of hydrogen-bond donors (Lipinski definition) is 1. The molecule has 110 valence electrons. The van der Waals surface area contributed by atoms with Gasteiger partial charge in [0.05, 0.1) is 12.2 Å². The zero-order valence-corrected chi connectivity index (χ0v) is 11.6. The van der Waals surface area contributed by atoms with Gasteiger partial charge in [0.1, 0.15) is 12.3 Å². The van der Waals surface area contributed by atoms with E-state index in [1.807, 2.05) is 4.57 Å². The van der Waals surface area contributed by atoms with Gasteiger partial charge in [0, 0.05) is 24.5 Å². The van der Waals surface area contributed by atoms with Gasteiger partial charge in [-0.2, -0.15) is 0 Å². The van der Waals surface area contributed by atoms with Crippen molar-refractivity contribution in [1.82, 2.24) is 9.13 Å². The van der Waals surface area contributed by atoms with Gasteiger partial charge in [-0.3, -0.25) is 4.79 Å². The molecule has 1 saturated carbocycles. The zero-order valence-electron chi connectivity index (χ0n) is 11.6. The molecule has 1 aliphatic rings. The van der Waals surface area contributed by atoms with Crippen LogP contribution in [0.5, 0.6) is 0 Å². The van der Waals surface area contributed by atoms with Crippen LogP contribution in [0.2, 0.25) is 0 Å². The number of ether oxygens (including phenoxy) is 1. The molecule has 2 aromatic heterocycles. The molecule has 0 amide bonds. The molecule has 0 unspecified atom stereocenters. The first-order valence-corrected chi connectivity index (χ1v) is 6.95. The SMILES string of the molecule is Nc1cc(C(=O)OCCn2ccccc2=O)n(C2CC2)c1. The number of nitrogen functional groups attached to an aromatic ring is 1. The van der Waals surface area contributed by atoms with E-state index in [9.17, 15) is 9.59 Å². The molecule has 6 nitrogen and oxygen atoms in total. The second kappa shape index (κ2) is 5.47. The summed E-state index contributed by atoms with van der Waals surface area (Å²) in [7, 11) is 0. The number of aromatic nitrogens is 2. The molecular weight excluding hydrogens is 270 g/mol. The highest BCUT2D eigenvalue weighted by Crippen LogP contribution is 2.37. The lowest BCUT2D eigenvalue weighted by Crippen LogP contribution is -2.22. The highest BCUT2D eigenvalue weighted by atomic mass is 16.5. The van der Waals surface area contributed by atoms with Crippen molar-refractivity contribution in [2.75, 3.05) is 12.3 Å². The van der Waals surface area contributed by atoms with Crippen LogP contribution in [0.4, 0.5) is 5.69 Å². The standard InChI is InChI=1S/C15H17N3O3/c16-11-9-13(18(10-11)12-4-5-12)15(20)21-8-7-17-6-2-1-3-14(17)19/h1-3,6,9-10,12H,4-5,7-8,16H2. The van der Waals surface area contributed by atoms with Gasteiger partial charge in [0.15, 0.2) is 0 Å². The Hall–Kier alpha value is -2.50. The number of nitrogens with two attached hydrogens (primary N) is 1. The summed E-state index contributed by atoms with van der Waals surface area (Å²) in [5.74, 6) is -0.400. The van der Waals surface area contributed by atoms with Gasteiger partial charge in [0.25, 0.3) is 5.56 Å². The molecule has 0 aliphatic heterocycles. The number of rotatable bonds is 5. The third-order valence-electron chi connectivity index (χ3n) is 3.48. The van der Waals surface area contributed by atoms with Gasteiger partial charge in [-0.25, -0.2) is 4.79 Å². The number of hydrogen-bond acceptors (Lipinski definition) is 4. The minimum Gasteiger partial charge on any atom is -0.459 e. The average Bonchev–Trinajstić information content (AvgIpc) is 3.23. The summed E-state index contributed by atoms with van der Waals surface area (Å²) in [5.41, 5.74) is 6.68. The molecule has 0 atom stereocenters. The Labute approximate surface area is 121 Å². The summed E-state index contributed by atoms with van der Waals surface area (Å²) in [6.07, 6.45) is 5.57. The Kier molecular flexibility index (Phi) is 3.51. The van der Waals surface area contributed by atoms with Crippen molar-refractivity contribution >= 4 is 11.7 Å². The summed E-state index contributed by atoms with van der Waals surface area (Å²) in [4.78, 5) is 23.6. The Morgan fingerprint density at radius 3 is 2.90 bits per heavy atom. The van der Waals surface area contributed by atoms with Crippen LogP contribution < -0.4 is 11.3 Å². The van der Waals surface area contributed by atoms with Gasteiger partial charge < -0.3 is 19.6 Å². The van der Waals surface area contributed by atoms with Crippen LogP contribution in [0.3, 0.4) is 0 Å². The van der Waals surface area contributed by atoms with E-state index < -0.39 is 5.97 Å². The summed E-state index contributed by atoms with van der Waals surface area (Å²) < 4.78 is 8.63. The summed E-state index contributed by atoms with van der Waals surface area (Å²) >= 11 is 0. The molecule has 1 fully saturated rings. The number of nitrogens with zero attached hydrogens (tertiary/aromatic N) is 2. The van der Waals surface area contributed by atoms with E-state index in [4.69, 9.17) is 10.5 Å². The van der Waals surface area contributed by atoms with E-state index in [1.165, 1.54) is 10.6 Å². The summed E-state index contributed by atoms with van der Waals surface area (Å²) in [6, 6.07) is 6.91. The molecule has 0 radical (unpaired) electrons. The molecule has 0 aromatic carbocycles. The number of esters is 1. The number of carbonyl (C=O) groups excluding carboxylic acids is 1. The summed E-state index contributed by atoms with van der Waals surface area (Å²) in [5, 5.41) is 0. The van der Waals surface area contributed by atoms with Gasteiger partial charge in [0.2, 0.25) is 0 Å². The fourth-order valence-electron chi connectivity index (χ4n) is 2.27. The Bertz CT molecular complexity index is 713. The van der Waals surface area contributed by atoms with Crippen LogP contribution in [0, 0.1) is 0 Å². The van der Waals surface area contributed by atoms with E-state index in [1.54, 1.807) is 30.6 Å². The third kappa shape index (κ3) is 2.99. The van der Waals surface area contributed by atoms with E-state index in [0.29, 0.717) is 24.0 Å². The Balaban J connectivity index is 1.62. The third-order valence-corrected chi connectivity index (χ3v) is 3.48. The number of anilines is 1. The first-order valence-electron chi connectivity index (χ1n) is 6.95. The molecule has 2 N–H and O–H groups in total. The van der Waals surface area contributed by atoms with E-state index in [2.05, 4.69) is 0 Å². The molecule has 1 aliphatic carbocycles. The van der Waals surface area contributed by atoms with Gasteiger partial charge in [-0.05, 0) is 25.0 Å². The molecule has 0 saturated heterocycles. The maximum Gasteiger partial charge on any atom is 0.355 e. The first kappa shape index (κ1) is 13.5. The smallest absolute Gasteiger partial charge is 0.355 e. The van der Waals surface area contributed by atoms with Crippen molar-refractivity contribution in [2.45, 2.75) is 25.4 Å². The Morgan fingerprint density at radius 1 is 1.38 bits per heavy atom. The van der Waals surface area contributed by atoms with E-state index in [-0.39, 0.29) is 12.2 Å². The van der Waals surface area contributed by atoms with E-state index >= 15 is 0 Å². The fraction of sp³-hybridized carbons (Fsp3) is 0.333. The first-order chi connectivity index (χ1) is 10.1. The maximum absolute atomic E-state index is 12.1. The van der Waals surface area contributed by atoms with Crippen molar-refractivity contribution < 1.29 is 9.53 Å². The Morgan fingerprint density at radius 2 is 2.19 bits per heavy atom. The van der Waals surface area contributed by atoms with Crippen molar-refractivity contribution in [3.8, 4) is 0 Å². The monoisotopic (exact) mass is 287 g/mol. The number of pyridine rings is 1. The highest BCUT2D eigenvalue weighted by Gasteiger charge is 2.28. The van der Waals surface area contributed by atoms with E-state index in [0.717, 1.165) is 12.8 Å². The number of carbonyl (C=O) groups is 1. The van der Waals surface area contributed by atoms with Crippen LogP contribution in [0.25, 0.3) is 0 Å². The normalized spacial score (nSPS) is 14.1. The molecule has 2 heterocycles. The predicted octanol–water partition coefficient (Wildman–Crippen LogP) is 1.42. The molecule has 0 spiro atoms. The van der Waals surface area contributed by atoms with Crippen LogP contribution in [0.15, 0.2) is 41.5 Å². The van der Waals surface area contributed by atoms with Crippen molar-refractivity contribution in [2.24, 2.45) is 0 Å². The van der Waals surface area contributed by atoms with Crippen LogP contribution >= 0.6 is 0 Å². The lowest BCUT2D eigenvalue weighted by Gasteiger charge is -2.09. The summed E-state index contributed by atoms with van der Waals surface area (Å²) in [6.45, 7) is 0.490. The average molecular weight is 287 g/mol. The lowest BCUT2D eigenvalue weighted by atomic mass is 10.4. The molecule has 3 rings (SSSR count). The second-order valence-corrected chi connectivity index (χ2v) is 5.17. The van der Waals surface area contributed by atoms with Crippen molar-refractivity contribution in [3.05, 3.63) is 52.7 Å². The minimum absolute atomic E-state index is 0.112. The lowest BCUT2D eigenvalue weighted by molar-refractivity contribution is 0.0477. The fourth-order valence-corrected chi connectivity index (χ4v) is 2.27. The topological polar surface area (TPSA) is 79.2 Å². The maximum atomic E-state index is 12.1. The van der Waals surface area contributed by atoms with Crippen LogP contribution in [-0.2, 0) is 11.3 Å². The predicted molar refractivity (Wildman–Crippen MR) is 78.1 cm³/mol. The highest BCUT2D eigenvalue weighted by molar-refractivity contribution is 5.89. The van der Waals surface area contributed by atoms with Gasteiger partial charge >= 0.3 is 5.97 Å².